The summed E-state index contributed by atoms with van der Waals surface area (Å²) in [6.07, 6.45) is -0.420. The molecule has 0 saturated carbocycles. The molecule has 2 atom stereocenters. The number of carboxylic acid groups (broad SMARTS) is 2. The van der Waals surface area contributed by atoms with Crippen LogP contribution in [0.5, 0.6) is 0 Å². The molecule has 164 valence electrons. The second-order valence-corrected chi connectivity index (χ2v) is 7.01. The number of hydrogen-bond acceptors (Lipinski definition) is 8. The maximum absolute atomic E-state index is 12.1. The summed E-state index contributed by atoms with van der Waals surface area (Å²) >= 11 is 0.635. The maximum atomic E-state index is 12.1. The van der Waals surface area contributed by atoms with Gasteiger partial charge in [0.25, 0.3) is 0 Å². The highest BCUT2D eigenvalue weighted by atomic mass is 32.2. The summed E-state index contributed by atoms with van der Waals surface area (Å²) in [4.78, 5) is 57.4. The summed E-state index contributed by atoms with van der Waals surface area (Å²) in [7, 11) is 0. The number of thioether (sulfide) groups is 1. The van der Waals surface area contributed by atoms with Crippen LogP contribution in [0.25, 0.3) is 0 Å². The summed E-state index contributed by atoms with van der Waals surface area (Å²) in [5.74, 6) is -4.24. The largest absolute Gasteiger partial charge is 0.480 e. The third-order valence-corrected chi connectivity index (χ3v) is 4.49. The third-order valence-electron chi connectivity index (χ3n) is 3.63. The number of amides is 2. The molecule has 0 bridgehead atoms. The molecule has 12 heteroatoms. The van der Waals surface area contributed by atoms with Gasteiger partial charge >= 0.3 is 17.2 Å². The zero-order chi connectivity index (χ0) is 22.5. The van der Waals surface area contributed by atoms with Crippen LogP contribution in [0.2, 0.25) is 0 Å². The number of carboxylic acids is 2. The lowest BCUT2D eigenvalue weighted by atomic mass is 10.1. The average Bonchev–Trinajstić information content (AvgIpc) is 2.72. The lowest BCUT2D eigenvalue weighted by molar-refractivity contribution is -0.139. The van der Waals surface area contributed by atoms with E-state index in [1.165, 1.54) is 0 Å². The van der Waals surface area contributed by atoms with Gasteiger partial charge in [-0.3, -0.25) is 19.2 Å². The standard InChI is InChI=1S/C18H23N3O8S/c19-12(17(26)27)6-7-14(22)21-13(16(25)20-8-15(23)24)10-30-18(28)29-9-11-4-2-1-3-5-11/h1-5,12-13H,6-10,19H2,(H,20,25)(H,21,22)(H,23,24)(H,26,27)/t12-,13-/m0/s1. The van der Waals surface area contributed by atoms with Crippen molar-refractivity contribution in [2.24, 2.45) is 5.73 Å². The molecular weight excluding hydrogens is 418 g/mol. The van der Waals surface area contributed by atoms with E-state index in [0.717, 1.165) is 5.56 Å². The Bertz CT molecular complexity index is 759. The zero-order valence-corrected chi connectivity index (χ0v) is 16.7. The molecule has 11 nitrogen and oxygen atoms in total. The summed E-state index contributed by atoms with van der Waals surface area (Å²) in [5, 5.41) is 21.2. The molecular formula is C18H23N3O8S. The van der Waals surface area contributed by atoms with E-state index in [0.29, 0.717) is 11.8 Å². The van der Waals surface area contributed by atoms with Crippen LogP contribution in [-0.4, -0.2) is 63.6 Å². The van der Waals surface area contributed by atoms with Gasteiger partial charge in [0, 0.05) is 12.2 Å². The van der Waals surface area contributed by atoms with Crippen molar-refractivity contribution >= 4 is 40.8 Å². The summed E-state index contributed by atoms with van der Waals surface area (Å²) < 4.78 is 5.07. The third kappa shape index (κ3) is 10.4. The highest BCUT2D eigenvalue weighted by Gasteiger charge is 2.24. The van der Waals surface area contributed by atoms with Crippen LogP contribution in [0, 0.1) is 0 Å². The molecule has 0 aliphatic heterocycles. The highest BCUT2D eigenvalue weighted by molar-refractivity contribution is 8.13. The van der Waals surface area contributed by atoms with Crippen LogP contribution in [0.15, 0.2) is 30.3 Å². The molecule has 0 aliphatic rings. The fourth-order valence-electron chi connectivity index (χ4n) is 2.05. The number of hydrogen-bond donors (Lipinski definition) is 5. The molecule has 0 unspecified atom stereocenters. The van der Waals surface area contributed by atoms with Gasteiger partial charge in [-0.2, -0.15) is 0 Å². The number of benzene rings is 1. The van der Waals surface area contributed by atoms with E-state index in [2.05, 4.69) is 10.6 Å². The topological polar surface area (TPSA) is 185 Å². The molecule has 0 radical (unpaired) electrons. The number of rotatable bonds is 12. The monoisotopic (exact) mass is 441 g/mol. The predicted molar refractivity (Wildman–Crippen MR) is 107 cm³/mol. The van der Waals surface area contributed by atoms with E-state index in [9.17, 15) is 24.0 Å². The second kappa shape index (κ2) is 13.2. The van der Waals surface area contributed by atoms with Gasteiger partial charge in [-0.05, 0) is 23.7 Å². The zero-order valence-electron chi connectivity index (χ0n) is 15.9. The predicted octanol–water partition coefficient (Wildman–Crippen LogP) is -0.0659. The molecule has 1 aromatic rings. The average molecular weight is 441 g/mol. The number of ether oxygens (including phenoxy) is 1. The van der Waals surface area contributed by atoms with Gasteiger partial charge in [-0.25, -0.2) is 4.79 Å². The maximum Gasteiger partial charge on any atom is 0.367 e. The van der Waals surface area contributed by atoms with Crippen molar-refractivity contribution in [2.45, 2.75) is 31.5 Å². The van der Waals surface area contributed by atoms with Crippen molar-refractivity contribution in [3.05, 3.63) is 35.9 Å². The molecule has 0 heterocycles. The van der Waals surface area contributed by atoms with Crippen LogP contribution in [-0.2, 0) is 30.5 Å². The van der Waals surface area contributed by atoms with Crippen LogP contribution < -0.4 is 16.4 Å². The molecule has 0 aliphatic carbocycles. The van der Waals surface area contributed by atoms with Crippen molar-refractivity contribution in [1.82, 2.24) is 10.6 Å². The molecule has 1 aromatic carbocycles. The number of carbonyl (C=O) groups excluding carboxylic acids is 3. The van der Waals surface area contributed by atoms with Crippen LogP contribution in [0.1, 0.15) is 18.4 Å². The van der Waals surface area contributed by atoms with E-state index in [1.807, 2.05) is 6.07 Å². The van der Waals surface area contributed by atoms with E-state index in [1.54, 1.807) is 24.3 Å². The Morgan fingerprint density at radius 1 is 1.10 bits per heavy atom. The van der Waals surface area contributed by atoms with E-state index in [-0.39, 0.29) is 25.2 Å². The number of aliphatic carboxylic acids is 2. The van der Waals surface area contributed by atoms with Gasteiger partial charge < -0.3 is 31.3 Å². The first-order valence-electron chi connectivity index (χ1n) is 8.79. The van der Waals surface area contributed by atoms with Gasteiger partial charge in [0.2, 0.25) is 11.8 Å². The molecule has 6 N–H and O–H groups in total. The number of nitrogens with two attached hydrogens (primary N) is 1. The van der Waals surface area contributed by atoms with Crippen molar-refractivity contribution in [1.29, 1.82) is 0 Å². The normalized spacial score (nSPS) is 12.3. The van der Waals surface area contributed by atoms with Gasteiger partial charge in [-0.1, -0.05) is 30.3 Å². The number of carbonyl (C=O) groups is 5. The van der Waals surface area contributed by atoms with Gasteiger partial charge in [0.05, 0.1) is 0 Å². The first-order valence-corrected chi connectivity index (χ1v) is 9.78. The molecule has 1 rings (SSSR count). The second-order valence-electron chi connectivity index (χ2n) is 6.05. The van der Waals surface area contributed by atoms with Crippen molar-refractivity contribution in [2.75, 3.05) is 12.3 Å². The summed E-state index contributed by atoms with van der Waals surface area (Å²) in [6.45, 7) is -0.639. The first-order chi connectivity index (χ1) is 14.2. The Morgan fingerprint density at radius 3 is 2.37 bits per heavy atom. The Morgan fingerprint density at radius 2 is 1.77 bits per heavy atom. The lowest BCUT2D eigenvalue weighted by Gasteiger charge is -2.17. The lowest BCUT2D eigenvalue weighted by Crippen LogP contribution is -2.49. The van der Waals surface area contributed by atoms with Crippen LogP contribution >= 0.6 is 11.8 Å². The minimum atomic E-state index is -1.28. The van der Waals surface area contributed by atoms with Crippen molar-refractivity contribution < 1.29 is 38.9 Å². The van der Waals surface area contributed by atoms with E-state index in [4.69, 9.17) is 20.7 Å². The molecule has 0 fully saturated rings. The van der Waals surface area contributed by atoms with E-state index < -0.39 is 47.7 Å². The summed E-state index contributed by atoms with van der Waals surface area (Å²) in [6, 6.07) is 6.44. The fourth-order valence-corrected chi connectivity index (χ4v) is 2.73. The van der Waals surface area contributed by atoms with Gasteiger partial charge in [-0.15, -0.1) is 0 Å². The summed E-state index contributed by atoms with van der Waals surface area (Å²) in [5.41, 5.74) is 6.10. The molecule has 0 spiro atoms. The van der Waals surface area contributed by atoms with E-state index >= 15 is 0 Å². The molecule has 0 saturated heterocycles. The highest BCUT2D eigenvalue weighted by Crippen LogP contribution is 2.11. The van der Waals surface area contributed by atoms with Crippen molar-refractivity contribution in [3.63, 3.8) is 0 Å². The first kappa shape index (κ1) is 24.9. The Balaban J connectivity index is 2.58. The smallest absolute Gasteiger partial charge is 0.367 e. The minimum Gasteiger partial charge on any atom is -0.480 e. The molecule has 30 heavy (non-hydrogen) atoms. The molecule has 0 aromatic heterocycles. The van der Waals surface area contributed by atoms with Crippen LogP contribution in [0.4, 0.5) is 4.79 Å². The van der Waals surface area contributed by atoms with Crippen molar-refractivity contribution in [3.8, 4) is 0 Å². The Hall–Kier alpha value is -3.12. The minimum absolute atomic E-state index is 0.0297. The molecule has 2 amide bonds. The number of nitrogens with one attached hydrogen (secondary N) is 2. The van der Waals surface area contributed by atoms with Gasteiger partial charge in [0.15, 0.2) is 0 Å². The van der Waals surface area contributed by atoms with Gasteiger partial charge in [0.1, 0.15) is 25.2 Å². The SMILES string of the molecule is N[C@@H](CCC(=O)N[C@@H](CSC(=O)OCc1ccccc1)C(=O)NCC(=O)O)C(=O)O. The van der Waals surface area contributed by atoms with Crippen LogP contribution in [0.3, 0.4) is 0 Å². The quantitative estimate of drug-likeness (QED) is 0.275. The fraction of sp³-hybridized carbons (Fsp3) is 0.389. The Labute approximate surface area is 176 Å². The Kier molecular flexibility index (Phi) is 10.9.